The van der Waals surface area contributed by atoms with Crippen molar-refractivity contribution in [3.8, 4) is 5.75 Å². The smallest absolute Gasteiger partial charge is 0.186 e. The molecule has 1 aromatic carbocycles. The molecule has 2 aromatic rings. The summed E-state index contributed by atoms with van der Waals surface area (Å²) in [5, 5.41) is 0. The summed E-state index contributed by atoms with van der Waals surface area (Å²) in [4.78, 5) is 4.30. The van der Waals surface area contributed by atoms with E-state index in [1.54, 1.807) is 24.3 Å². The van der Waals surface area contributed by atoms with E-state index in [4.69, 9.17) is 10.5 Å². The molecule has 0 radical (unpaired) electrons. The van der Waals surface area contributed by atoms with Crippen molar-refractivity contribution in [2.75, 3.05) is 12.3 Å². The zero-order valence-electron chi connectivity index (χ0n) is 12.0. The monoisotopic (exact) mass is 306 g/mol. The first-order valence-corrected chi connectivity index (χ1v) is 8.25. The van der Waals surface area contributed by atoms with Crippen molar-refractivity contribution in [2.24, 2.45) is 0 Å². The van der Waals surface area contributed by atoms with Crippen molar-refractivity contribution in [1.29, 1.82) is 0 Å². The normalized spacial score (nSPS) is 11.3. The number of sulfone groups is 1. The van der Waals surface area contributed by atoms with Crippen LogP contribution in [0.1, 0.15) is 18.3 Å². The summed E-state index contributed by atoms with van der Waals surface area (Å²) in [6.45, 7) is 4.12. The molecule has 5 nitrogen and oxygen atoms in total. The highest BCUT2D eigenvalue weighted by atomic mass is 32.2. The minimum absolute atomic E-state index is 0.0803. The van der Waals surface area contributed by atoms with Gasteiger partial charge in [-0.25, -0.2) is 8.42 Å². The predicted octanol–water partition coefficient (Wildman–Crippen LogP) is 2.34. The van der Waals surface area contributed by atoms with E-state index in [9.17, 15) is 8.42 Å². The van der Waals surface area contributed by atoms with Crippen molar-refractivity contribution in [3.63, 3.8) is 0 Å². The van der Waals surface area contributed by atoms with Crippen molar-refractivity contribution >= 4 is 15.5 Å². The van der Waals surface area contributed by atoms with Gasteiger partial charge in [0.2, 0.25) is 0 Å². The molecule has 0 spiro atoms. The molecule has 21 heavy (non-hydrogen) atoms. The lowest BCUT2D eigenvalue weighted by molar-refractivity contribution is 0.339. The van der Waals surface area contributed by atoms with E-state index in [0.29, 0.717) is 18.1 Å². The van der Waals surface area contributed by atoms with Gasteiger partial charge in [-0.1, -0.05) is 6.07 Å². The molecule has 1 aromatic heterocycles. The molecular weight excluding hydrogens is 288 g/mol. The molecule has 112 valence electrons. The Bertz CT molecular complexity index is 742. The maximum atomic E-state index is 12.5. The number of benzene rings is 1. The Kier molecular flexibility index (Phi) is 4.47. The molecule has 2 rings (SSSR count). The van der Waals surface area contributed by atoms with Crippen LogP contribution in [0.5, 0.6) is 5.75 Å². The van der Waals surface area contributed by atoms with Gasteiger partial charge in [0.1, 0.15) is 5.75 Å². The topological polar surface area (TPSA) is 82.3 Å². The van der Waals surface area contributed by atoms with E-state index < -0.39 is 9.84 Å². The minimum atomic E-state index is -3.57. The van der Waals surface area contributed by atoms with Gasteiger partial charge in [0.05, 0.1) is 28.6 Å². The number of aromatic nitrogens is 1. The van der Waals surface area contributed by atoms with Crippen LogP contribution in [0, 0.1) is 6.92 Å². The van der Waals surface area contributed by atoms with Gasteiger partial charge >= 0.3 is 0 Å². The van der Waals surface area contributed by atoms with Crippen molar-refractivity contribution in [1.82, 2.24) is 4.98 Å². The fraction of sp³-hybridized carbons (Fsp3) is 0.267. The lowest BCUT2D eigenvalue weighted by Gasteiger charge is -2.10. The van der Waals surface area contributed by atoms with E-state index in [-0.39, 0.29) is 16.3 Å². The molecule has 1 heterocycles. The van der Waals surface area contributed by atoms with Crippen LogP contribution in [0.25, 0.3) is 0 Å². The van der Waals surface area contributed by atoms with Gasteiger partial charge < -0.3 is 10.5 Å². The first-order chi connectivity index (χ1) is 9.92. The highest BCUT2D eigenvalue weighted by Crippen LogP contribution is 2.26. The lowest BCUT2D eigenvalue weighted by Crippen LogP contribution is -2.09. The summed E-state index contributed by atoms with van der Waals surface area (Å²) >= 11 is 0. The number of nitrogens with two attached hydrogens (primary N) is 1. The zero-order valence-corrected chi connectivity index (χ0v) is 12.9. The Morgan fingerprint density at radius 1 is 1.24 bits per heavy atom. The fourth-order valence-corrected chi connectivity index (χ4v) is 3.42. The van der Waals surface area contributed by atoms with Crippen LogP contribution in [0.4, 0.5) is 5.69 Å². The number of pyridine rings is 1. The van der Waals surface area contributed by atoms with Gasteiger partial charge in [-0.15, -0.1) is 0 Å². The molecule has 0 bridgehead atoms. The summed E-state index contributed by atoms with van der Waals surface area (Å²) in [5.41, 5.74) is 7.29. The van der Waals surface area contributed by atoms with Crippen molar-refractivity contribution < 1.29 is 13.2 Å². The average molecular weight is 306 g/mol. The van der Waals surface area contributed by atoms with Crippen LogP contribution in [0.3, 0.4) is 0 Å². The Balaban J connectivity index is 2.37. The number of nitrogens with zero attached hydrogens (tertiary/aromatic N) is 1. The standard InChI is InChI=1S/C15H18N2O3S/c1-3-20-13-7-8-14(16)15(9-13)21(18,19)10-12-6-4-5-11(2)17-12/h4-9H,3,10,16H2,1-2H3. The quantitative estimate of drug-likeness (QED) is 0.857. The van der Waals surface area contributed by atoms with E-state index >= 15 is 0 Å². The van der Waals surface area contributed by atoms with E-state index in [1.165, 1.54) is 6.07 Å². The number of anilines is 1. The maximum absolute atomic E-state index is 12.5. The highest BCUT2D eigenvalue weighted by molar-refractivity contribution is 7.90. The molecule has 0 atom stereocenters. The first-order valence-electron chi connectivity index (χ1n) is 6.60. The summed E-state index contributed by atoms with van der Waals surface area (Å²) in [7, 11) is -3.57. The summed E-state index contributed by atoms with van der Waals surface area (Å²) < 4.78 is 30.4. The SMILES string of the molecule is CCOc1ccc(N)c(S(=O)(=O)Cc2cccc(C)n2)c1. The number of hydrogen-bond donors (Lipinski definition) is 1. The van der Waals surface area contributed by atoms with Crippen LogP contribution in [-0.2, 0) is 15.6 Å². The lowest BCUT2D eigenvalue weighted by atomic mass is 10.3. The Labute approximate surface area is 124 Å². The van der Waals surface area contributed by atoms with Crippen LogP contribution in [0.2, 0.25) is 0 Å². The number of nitrogen functional groups attached to an aromatic ring is 1. The Morgan fingerprint density at radius 2 is 2.00 bits per heavy atom. The molecule has 6 heteroatoms. The molecule has 0 fully saturated rings. The van der Waals surface area contributed by atoms with Gasteiger partial charge in [-0.3, -0.25) is 4.98 Å². The minimum Gasteiger partial charge on any atom is -0.494 e. The van der Waals surface area contributed by atoms with Crippen LogP contribution >= 0.6 is 0 Å². The molecule has 0 aliphatic heterocycles. The van der Waals surface area contributed by atoms with Gasteiger partial charge in [0, 0.05) is 11.8 Å². The van der Waals surface area contributed by atoms with E-state index in [2.05, 4.69) is 4.98 Å². The van der Waals surface area contributed by atoms with Gasteiger partial charge in [0.25, 0.3) is 0 Å². The van der Waals surface area contributed by atoms with Crippen molar-refractivity contribution in [3.05, 3.63) is 47.8 Å². The van der Waals surface area contributed by atoms with Gasteiger partial charge in [-0.2, -0.15) is 0 Å². The average Bonchev–Trinajstić information content (AvgIpc) is 2.40. The molecular formula is C15H18N2O3S. The summed E-state index contributed by atoms with van der Waals surface area (Å²) in [5.74, 6) is 0.302. The number of aryl methyl sites for hydroxylation is 1. The Hall–Kier alpha value is -2.08. The molecule has 0 amide bonds. The van der Waals surface area contributed by atoms with E-state index in [1.807, 2.05) is 19.9 Å². The Morgan fingerprint density at radius 3 is 2.67 bits per heavy atom. The second-order valence-corrected chi connectivity index (χ2v) is 6.62. The van der Waals surface area contributed by atoms with Crippen LogP contribution < -0.4 is 10.5 Å². The third-order valence-corrected chi connectivity index (χ3v) is 4.61. The largest absolute Gasteiger partial charge is 0.494 e. The van der Waals surface area contributed by atoms with Crippen LogP contribution in [0.15, 0.2) is 41.3 Å². The van der Waals surface area contributed by atoms with Gasteiger partial charge in [0.15, 0.2) is 9.84 Å². The first kappa shape index (κ1) is 15.3. The molecule has 0 aliphatic carbocycles. The molecule has 0 saturated heterocycles. The van der Waals surface area contributed by atoms with Gasteiger partial charge in [-0.05, 0) is 38.1 Å². The molecule has 2 N–H and O–H groups in total. The fourth-order valence-electron chi connectivity index (χ4n) is 1.99. The molecule has 0 saturated carbocycles. The summed E-state index contributed by atoms with van der Waals surface area (Å²) in [6, 6.07) is 9.95. The second-order valence-electron chi connectivity index (χ2n) is 4.66. The second kappa shape index (κ2) is 6.13. The molecule has 0 unspecified atom stereocenters. The maximum Gasteiger partial charge on any atom is 0.186 e. The third-order valence-electron chi connectivity index (χ3n) is 2.91. The molecule has 0 aliphatic rings. The van der Waals surface area contributed by atoms with E-state index in [0.717, 1.165) is 5.69 Å². The third kappa shape index (κ3) is 3.72. The summed E-state index contributed by atoms with van der Waals surface area (Å²) in [6.07, 6.45) is 0. The predicted molar refractivity (Wildman–Crippen MR) is 81.9 cm³/mol. The zero-order chi connectivity index (χ0) is 15.5. The number of ether oxygens (including phenoxy) is 1. The highest BCUT2D eigenvalue weighted by Gasteiger charge is 2.20. The number of rotatable bonds is 5. The van der Waals surface area contributed by atoms with Crippen molar-refractivity contribution in [2.45, 2.75) is 24.5 Å². The van der Waals surface area contributed by atoms with Crippen LogP contribution in [-0.4, -0.2) is 20.0 Å². The number of hydrogen-bond acceptors (Lipinski definition) is 5.